The highest BCUT2D eigenvalue weighted by atomic mass is 16.5. The van der Waals surface area contributed by atoms with Crippen LogP contribution in [0.15, 0.2) is 27.3 Å². The van der Waals surface area contributed by atoms with Crippen LogP contribution in [-0.2, 0) is 17.8 Å². The van der Waals surface area contributed by atoms with Gasteiger partial charge in [0.25, 0.3) is 0 Å². The fraction of sp³-hybridized carbons (Fsp3) is 0.500. The molecule has 3 rings (SSSR count). The molecular formula is C16H21N3O4. The molecule has 7 heteroatoms. The minimum atomic E-state index is -0.427. The van der Waals surface area contributed by atoms with E-state index in [1.54, 1.807) is 0 Å². The van der Waals surface area contributed by atoms with E-state index in [9.17, 15) is 4.79 Å². The molecule has 1 fully saturated rings. The van der Waals surface area contributed by atoms with Crippen molar-refractivity contribution in [1.82, 2.24) is 15.0 Å². The molecule has 0 aromatic carbocycles. The Morgan fingerprint density at radius 2 is 1.96 bits per heavy atom. The lowest BCUT2D eigenvalue weighted by Gasteiger charge is -2.33. The Bertz CT molecular complexity index is 656. The number of aromatic nitrogens is 1. The molecule has 23 heavy (non-hydrogen) atoms. The Balaban J connectivity index is 1.51. The molecule has 0 amide bonds. The summed E-state index contributed by atoms with van der Waals surface area (Å²) in [5.41, 5.74) is 1.78. The Morgan fingerprint density at radius 3 is 2.57 bits per heavy atom. The first kappa shape index (κ1) is 15.8. The third kappa shape index (κ3) is 3.80. The van der Waals surface area contributed by atoms with Crippen molar-refractivity contribution < 1.29 is 18.5 Å². The predicted molar refractivity (Wildman–Crippen MR) is 81.8 cm³/mol. The number of rotatable bonds is 5. The maximum absolute atomic E-state index is 11.6. The third-order valence-corrected chi connectivity index (χ3v) is 4.03. The molecule has 2 aromatic rings. The molecule has 0 atom stereocenters. The normalized spacial score (nSPS) is 16.6. The topological polar surface area (TPSA) is 72.0 Å². The number of hydrogen-bond donors (Lipinski definition) is 0. The Kier molecular flexibility index (Phi) is 4.78. The summed E-state index contributed by atoms with van der Waals surface area (Å²) in [7, 11) is 1.36. The van der Waals surface area contributed by atoms with E-state index >= 15 is 0 Å². The number of aryl methyl sites for hydroxylation is 1. The Morgan fingerprint density at radius 1 is 1.26 bits per heavy atom. The van der Waals surface area contributed by atoms with Gasteiger partial charge in [-0.05, 0) is 13.0 Å². The molecule has 0 unspecified atom stereocenters. The SMILES string of the molecule is COC(=O)c1occc1CN1CCN(Cc2cc(C)no2)CC1. The molecule has 0 spiro atoms. The van der Waals surface area contributed by atoms with E-state index in [2.05, 4.69) is 15.0 Å². The summed E-state index contributed by atoms with van der Waals surface area (Å²) >= 11 is 0. The van der Waals surface area contributed by atoms with E-state index < -0.39 is 5.97 Å². The van der Waals surface area contributed by atoms with Crippen LogP contribution in [-0.4, -0.2) is 54.2 Å². The van der Waals surface area contributed by atoms with Crippen molar-refractivity contribution in [3.8, 4) is 0 Å². The molecular weight excluding hydrogens is 298 g/mol. The standard InChI is InChI=1S/C16H21N3O4/c1-12-9-14(23-17-12)11-19-6-4-18(5-7-19)10-13-3-8-22-15(13)16(20)21-2/h3,8-9H,4-7,10-11H2,1-2H3. The van der Waals surface area contributed by atoms with Gasteiger partial charge in [-0.15, -0.1) is 0 Å². The molecule has 0 radical (unpaired) electrons. The van der Waals surface area contributed by atoms with E-state index in [0.717, 1.165) is 49.7 Å². The second kappa shape index (κ2) is 6.97. The molecule has 0 saturated carbocycles. The van der Waals surface area contributed by atoms with Gasteiger partial charge in [-0.3, -0.25) is 9.80 Å². The smallest absolute Gasteiger partial charge is 0.374 e. The summed E-state index contributed by atoms with van der Waals surface area (Å²) in [5.74, 6) is 0.773. The zero-order valence-corrected chi connectivity index (χ0v) is 13.4. The van der Waals surface area contributed by atoms with Gasteiger partial charge >= 0.3 is 5.97 Å². The summed E-state index contributed by atoms with van der Waals surface area (Å²) in [6, 6.07) is 3.80. The first-order valence-electron chi connectivity index (χ1n) is 7.67. The van der Waals surface area contributed by atoms with Gasteiger partial charge in [0.05, 0.1) is 25.6 Å². The van der Waals surface area contributed by atoms with Crippen molar-refractivity contribution in [2.45, 2.75) is 20.0 Å². The number of hydrogen-bond acceptors (Lipinski definition) is 7. The van der Waals surface area contributed by atoms with Crippen molar-refractivity contribution in [3.63, 3.8) is 0 Å². The predicted octanol–water partition coefficient (Wildman–Crippen LogP) is 1.68. The van der Waals surface area contributed by atoms with Crippen molar-refractivity contribution in [2.24, 2.45) is 0 Å². The molecule has 3 heterocycles. The van der Waals surface area contributed by atoms with Gasteiger partial charge in [0.15, 0.2) is 5.76 Å². The molecule has 2 aromatic heterocycles. The van der Waals surface area contributed by atoms with Crippen LogP contribution >= 0.6 is 0 Å². The summed E-state index contributed by atoms with van der Waals surface area (Å²) in [6.07, 6.45) is 1.53. The van der Waals surface area contributed by atoms with E-state index in [1.807, 2.05) is 19.1 Å². The Labute approximate surface area is 134 Å². The summed E-state index contributed by atoms with van der Waals surface area (Å²) in [6.45, 7) is 7.16. The number of nitrogens with zero attached hydrogens (tertiary/aromatic N) is 3. The average molecular weight is 319 g/mol. The van der Waals surface area contributed by atoms with Crippen LogP contribution in [0.2, 0.25) is 0 Å². The van der Waals surface area contributed by atoms with E-state index in [1.165, 1.54) is 13.4 Å². The fourth-order valence-electron chi connectivity index (χ4n) is 2.79. The molecule has 1 aliphatic heterocycles. The van der Waals surface area contributed by atoms with Crippen LogP contribution in [0.5, 0.6) is 0 Å². The summed E-state index contributed by atoms with van der Waals surface area (Å²) in [4.78, 5) is 16.3. The van der Waals surface area contributed by atoms with Gasteiger partial charge in [0.1, 0.15) is 0 Å². The van der Waals surface area contributed by atoms with Crippen LogP contribution in [0.4, 0.5) is 0 Å². The van der Waals surface area contributed by atoms with Crippen LogP contribution in [0.25, 0.3) is 0 Å². The minimum absolute atomic E-state index is 0.298. The maximum atomic E-state index is 11.6. The number of methoxy groups -OCH3 is 1. The lowest BCUT2D eigenvalue weighted by Crippen LogP contribution is -2.45. The van der Waals surface area contributed by atoms with Gasteiger partial charge in [0.2, 0.25) is 5.76 Å². The highest BCUT2D eigenvalue weighted by molar-refractivity contribution is 5.87. The summed E-state index contributed by atoms with van der Waals surface area (Å²) < 4.78 is 15.2. The summed E-state index contributed by atoms with van der Waals surface area (Å²) in [5, 5.41) is 3.91. The molecule has 0 bridgehead atoms. The first-order chi connectivity index (χ1) is 11.2. The fourth-order valence-corrected chi connectivity index (χ4v) is 2.79. The van der Waals surface area contributed by atoms with Crippen molar-refractivity contribution in [3.05, 3.63) is 41.2 Å². The lowest BCUT2D eigenvalue weighted by molar-refractivity contribution is 0.0559. The first-order valence-corrected chi connectivity index (χ1v) is 7.67. The highest BCUT2D eigenvalue weighted by Crippen LogP contribution is 2.16. The van der Waals surface area contributed by atoms with Crippen molar-refractivity contribution in [1.29, 1.82) is 0 Å². The highest BCUT2D eigenvalue weighted by Gasteiger charge is 2.22. The monoisotopic (exact) mass is 319 g/mol. The zero-order valence-electron chi connectivity index (χ0n) is 13.4. The second-order valence-corrected chi connectivity index (χ2v) is 5.75. The number of piperazine rings is 1. The minimum Gasteiger partial charge on any atom is -0.463 e. The van der Waals surface area contributed by atoms with Gasteiger partial charge < -0.3 is 13.7 Å². The average Bonchev–Trinajstić information content (AvgIpc) is 3.17. The van der Waals surface area contributed by atoms with Crippen LogP contribution < -0.4 is 0 Å². The largest absolute Gasteiger partial charge is 0.463 e. The van der Waals surface area contributed by atoms with Gasteiger partial charge in [0, 0.05) is 44.4 Å². The number of ether oxygens (including phenoxy) is 1. The van der Waals surface area contributed by atoms with E-state index in [0.29, 0.717) is 12.3 Å². The Hall–Kier alpha value is -2.12. The number of furan rings is 1. The van der Waals surface area contributed by atoms with Crippen molar-refractivity contribution in [2.75, 3.05) is 33.3 Å². The molecule has 1 aliphatic rings. The number of esters is 1. The second-order valence-electron chi connectivity index (χ2n) is 5.75. The molecule has 0 aliphatic carbocycles. The van der Waals surface area contributed by atoms with Gasteiger partial charge in [-0.25, -0.2) is 4.79 Å². The van der Waals surface area contributed by atoms with Crippen LogP contribution in [0, 0.1) is 6.92 Å². The quantitative estimate of drug-likeness (QED) is 0.776. The molecule has 0 N–H and O–H groups in total. The lowest BCUT2D eigenvalue weighted by atomic mass is 10.2. The molecule has 7 nitrogen and oxygen atoms in total. The third-order valence-electron chi connectivity index (χ3n) is 4.03. The van der Waals surface area contributed by atoms with E-state index in [-0.39, 0.29) is 0 Å². The number of carbonyl (C=O) groups is 1. The van der Waals surface area contributed by atoms with Crippen LogP contribution in [0.3, 0.4) is 0 Å². The maximum Gasteiger partial charge on any atom is 0.374 e. The molecule has 124 valence electrons. The van der Waals surface area contributed by atoms with Crippen molar-refractivity contribution >= 4 is 5.97 Å². The van der Waals surface area contributed by atoms with Crippen LogP contribution in [0.1, 0.15) is 27.6 Å². The van der Waals surface area contributed by atoms with Gasteiger partial charge in [-0.1, -0.05) is 5.16 Å². The molecule has 1 saturated heterocycles. The zero-order chi connectivity index (χ0) is 16.2. The number of carbonyl (C=O) groups excluding carboxylic acids is 1. The van der Waals surface area contributed by atoms with Gasteiger partial charge in [-0.2, -0.15) is 0 Å². The van der Waals surface area contributed by atoms with E-state index in [4.69, 9.17) is 13.7 Å².